The van der Waals surface area contributed by atoms with Crippen LogP contribution >= 0.6 is 0 Å². The molecule has 0 atom stereocenters. The van der Waals surface area contributed by atoms with E-state index in [-0.39, 0.29) is 18.3 Å². The molecule has 1 N–H and O–H groups in total. The molecule has 0 aliphatic rings. The topological polar surface area (TPSA) is 92.1 Å². The summed E-state index contributed by atoms with van der Waals surface area (Å²) in [7, 11) is 3.70. The molecule has 0 fully saturated rings. The average Bonchev–Trinajstić information content (AvgIpc) is 3.19. The van der Waals surface area contributed by atoms with Crippen LogP contribution in [0.1, 0.15) is 11.3 Å². The Morgan fingerprint density at radius 2 is 1.89 bits per heavy atom. The number of carbonyl (C=O) groups excluding carboxylic acids is 1. The van der Waals surface area contributed by atoms with Crippen molar-refractivity contribution in [2.45, 2.75) is 19.6 Å². The maximum Gasteiger partial charge on any atom is 0.405 e. The van der Waals surface area contributed by atoms with E-state index in [1.165, 1.54) is 17.3 Å². The Bertz CT molecular complexity index is 1340. The van der Waals surface area contributed by atoms with Crippen molar-refractivity contribution >= 4 is 40.5 Å². The number of carbonyl (C=O) groups is 1. The highest BCUT2D eigenvalue weighted by Gasteiger charge is 2.27. The van der Waals surface area contributed by atoms with Gasteiger partial charge >= 0.3 is 6.18 Å². The fraction of sp³-hybridized carbons (Fsp3) is 0.261. The van der Waals surface area contributed by atoms with E-state index in [4.69, 9.17) is 0 Å². The van der Waals surface area contributed by atoms with Gasteiger partial charge in [0.1, 0.15) is 12.4 Å². The molecule has 35 heavy (non-hydrogen) atoms. The number of alkyl halides is 3. The number of rotatable bonds is 8. The molecule has 182 valence electrons. The molecule has 1 aromatic carbocycles. The van der Waals surface area contributed by atoms with Crippen LogP contribution < -0.4 is 15.1 Å². The number of nitrogens with one attached hydrogen (secondary N) is 1. The summed E-state index contributed by atoms with van der Waals surface area (Å²) in [5.41, 5.74) is 3.44. The van der Waals surface area contributed by atoms with Crippen LogP contribution in [0.3, 0.4) is 0 Å². The van der Waals surface area contributed by atoms with Crippen LogP contribution in [0.15, 0.2) is 48.9 Å². The molecule has 4 aromatic rings. The normalized spacial score (nSPS) is 11.5. The lowest BCUT2D eigenvalue weighted by molar-refractivity contribution is -0.115. The van der Waals surface area contributed by atoms with E-state index in [9.17, 15) is 18.0 Å². The van der Waals surface area contributed by atoms with Gasteiger partial charge in [-0.1, -0.05) is 0 Å². The van der Waals surface area contributed by atoms with Gasteiger partial charge in [0.25, 0.3) is 0 Å². The molecule has 0 spiro atoms. The lowest BCUT2D eigenvalue weighted by Crippen LogP contribution is -2.25. The van der Waals surface area contributed by atoms with Gasteiger partial charge in [0.05, 0.1) is 17.4 Å². The Hall–Kier alpha value is -4.22. The van der Waals surface area contributed by atoms with Crippen molar-refractivity contribution in [1.29, 1.82) is 0 Å². The molecular weight excluding hydrogens is 461 g/mol. The van der Waals surface area contributed by atoms with Gasteiger partial charge in [0.15, 0.2) is 0 Å². The number of hydrogen-bond donors (Lipinski definition) is 1. The molecule has 0 saturated heterocycles. The minimum atomic E-state index is -4.45. The fourth-order valence-corrected chi connectivity index (χ4v) is 3.54. The molecule has 3 aromatic heterocycles. The second-order valence-corrected chi connectivity index (χ2v) is 8.05. The van der Waals surface area contributed by atoms with Crippen molar-refractivity contribution in [3.8, 4) is 0 Å². The number of pyridine rings is 1. The maximum absolute atomic E-state index is 12.7. The first-order valence-electron chi connectivity index (χ1n) is 10.6. The number of hydrogen-bond acceptors (Lipinski definition) is 7. The molecular formula is C23H23F3N8O. The Kier molecular flexibility index (Phi) is 6.54. The van der Waals surface area contributed by atoms with Crippen LogP contribution in [0, 0.1) is 6.92 Å². The fourth-order valence-electron chi connectivity index (χ4n) is 3.54. The Morgan fingerprint density at radius 1 is 1.11 bits per heavy atom. The van der Waals surface area contributed by atoms with E-state index < -0.39 is 12.7 Å². The minimum absolute atomic E-state index is 0.152. The summed E-state index contributed by atoms with van der Waals surface area (Å²) in [6, 6.07) is 9.20. The Balaban J connectivity index is 1.69. The highest BCUT2D eigenvalue weighted by molar-refractivity contribution is 5.86. The zero-order chi connectivity index (χ0) is 25.2. The van der Waals surface area contributed by atoms with Gasteiger partial charge in [0, 0.05) is 55.4 Å². The molecule has 1 amide bonds. The number of amides is 1. The van der Waals surface area contributed by atoms with Crippen molar-refractivity contribution in [2.24, 2.45) is 7.05 Å². The standard InChI is InChI=1S/C23H23F3N8O/c1-15-4-5-19(10-27-15)34(14-35)21-17(9-28-22(30-21)29-13-23(24,25)26)11-32(2)18-6-7-20-16(8-18)12-33(3)31-20/h4-10,12,14H,11,13H2,1-3H3,(H,28,29,30). The van der Waals surface area contributed by atoms with Crippen LogP contribution in [0.2, 0.25) is 0 Å². The number of aromatic nitrogens is 5. The molecule has 0 radical (unpaired) electrons. The first kappa shape index (κ1) is 23.9. The van der Waals surface area contributed by atoms with E-state index in [0.717, 1.165) is 22.3 Å². The van der Waals surface area contributed by atoms with Crippen molar-refractivity contribution < 1.29 is 18.0 Å². The molecule has 0 bridgehead atoms. The quantitative estimate of drug-likeness (QED) is 0.379. The van der Waals surface area contributed by atoms with Crippen LogP contribution in [0.25, 0.3) is 10.9 Å². The van der Waals surface area contributed by atoms with Gasteiger partial charge in [-0.2, -0.15) is 23.3 Å². The summed E-state index contributed by atoms with van der Waals surface area (Å²) in [6.07, 6.45) is 0.920. The number of benzene rings is 1. The summed E-state index contributed by atoms with van der Waals surface area (Å²) in [6.45, 7) is 0.784. The van der Waals surface area contributed by atoms with Crippen LogP contribution in [0.5, 0.6) is 0 Å². The Morgan fingerprint density at radius 3 is 2.57 bits per heavy atom. The monoisotopic (exact) mass is 484 g/mol. The molecule has 0 aliphatic heterocycles. The summed E-state index contributed by atoms with van der Waals surface area (Å²) in [4.78, 5) is 27.8. The van der Waals surface area contributed by atoms with E-state index >= 15 is 0 Å². The van der Waals surface area contributed by atoms with Gasteiger partial charge in [-0.05, 0) is 37.3 Å². The SMILES string of the molecule is Cc1ccc(N(C=O)c2nc(NCC(F)(F)F)ncc2CN(C)c2ccc3nn(C)cc3c2)cn1. The second kappa shape index (κ2) is 9.57. The Labute approximate surface area is 199 Å². The predicted molar refractivity (Wildman–Crippen MR) is 127 cm³/mol. The lowest BCUT2D eigenvalue weighted by Gasteiger charge is -2.24. The summed E-state index contributed by atoms with van der Waals surface area (Å²) >= 11 is 0. The van der Waals surface area contributed by atoms with Gasteiger partial charge in [-0.25, -0.2) is 4.98 Å². The number of aryl methyl sites for hydroxylation is 2. The number of fused-ring (bicyclic) bond motifs is 1. The molecule has 3 heterocycles. The third-order valence-corrected chi connectivity index (χ3v) is 5.25. The van der Waals surface area contributed by atoms with E-state index in [1.54, 1.807) is 23.7 Å². The highest BCUT2D eigenvalue weighted by Crippen LogP contribution is 2.29. The summed E-state index contributed by atoms with van der Waals surface area (Å²) in [5, 5.41) is 7.50. The first-order chi connectivity index (χ1) is 16.6. The van der Waals surface area contributed by atoms with Crippen molar-refractivity contribution in [3.05, 3.63) is 60.2 Å². The minimum Gasteiger partial charge on any atom is -0.370 e. The third kappa shape index (κ3) is 5.65. The van der Waals surface area contributed by atoms with E-state index in [2.05, 4.69) is 25.4 Å². The van der Waals surface area contributed by atoms with E-state index in [1.807, 2.05) is 43.4 Å². The smallest absolute Gasteiger partial charge is 0.370 e. The molecule has 9 nitrogen and oxygen atoms in total. The summed E-state index contributed by atoms with van der Waals surface area (Å²) < 4.78 is 39.9. The van der Waals surface area contributed by atoms with Gasteiger partial charge in [-0.15, -0.1) is 0 Å². The third-order valence-electron chi connectivity index (χ3n) is 5.25. The first-order valence-corrected chi connectivity index (χ1v) is 10.6. The van der Waals surface area contributed by atoms with Crippen molar-refractivity contribution in [3.63, 3.8) is 0 Å². The molecule has 0 aliphatic carbocycles. The van der Waals surface area contributed by atoms with Crippen molar-refractivity contribution in [1.82, 2.24) is 24.7 Å². The van der Waals surface area contributed by atoms with Crippen molar-refractivity contribution in [2.75, 3.05) is 28.7 Å². The maximum atomic E-state index is 12.7. The summed E-state index contributed by atoms with van der Waals surface area (Å²) in [5.74, 6) is -0.0907. The zero-order valence-electron chi connectivity index (χ0n) is 19.3. The average molecular weight is 484 g/mol. The largest absolute Gasteiger partial charge is 0.405 e. The zero-order valence-corrected chi connectivity index (χ0v) is 19.3. The van der Waals surface area contributed by atoms with Crippen LogP contribution in [-0.4, -0.2) is 50.9 Å². The van der Waals surface area contributed by atoms with Gasteiger partial charge in [0.2, 0.25) is 12.4 Å². The number of nitrogens with zero attached hydrogens (tertiary/aromatic N) is 7. The number of anilines is 4. The molecule has 0 saturated carbocycles. The predicted octanol–water partition coefficient (Wildman–Crippen LogP) is 3.97. The van der Waals surface area contributed by atoms with Gasteiger partial charge < -0.3 is 10.2 Å². The number of halogens is 3. The van der Waals surface area contributed by atoms with Crippen LogP contribution in [0.4, 0.5) is 36.3 Å². The molecule has 0 unspecified atom stereocenters. The van der Waals surface area contributed by atoms with Gasteiger partial charge in [-0.3, -0.25) is 19.4 Å². The van der Waals surface area contributed by atoms with E-state index in [0.29, 0.717) is 17.7 Å². The second-order valence-electron chi connectivity index (χ2n) is 8.05. The lowest BCUT2D eigenvalue weighted by atomic mass is 10.2. The highest BCUT2D eigenvalue weighted by atomic mass is 19.4. The van der Waals surface area contributed by atoms with Crippen LogP contribution in [-0.2, 0) is 18.4 Å². The molecule has 12 heteroatoms. The molecule has 4 rings (SSSR count).